The second-order valence-electron chi connectivity index (χ2n) is 4.38. The Morgan fingerprint density at radius 2 is 2.14 bits per heavy atom. The van der Waals surface area contributed by atoms with E-state index in [0.717, 1.165) is 21.1 Å². The minimum Gasteiger partial charge on any atom is -0.207 e. The van der Waals surface area contributed by atoms with Gasteiger partial charge in [-0.05, 0) is 34.1 Å². The van der Waals surface area contributed by atoms with Gasteiger partial charge in [-0.3, -0.25) is 0 Å². The fourth-order valence-corrected chi connectivity index (χ4v) is 5.38. The summed E-state index contributed by atoms with van der Waals surface area (Å²) >= 11 is 5.90. The van der Waals surface area contributed by atoms with Crippen molar-refractivity contribution < 1.29 is 8.42 Å². The number of benzene rings is 1. The van der Waals surface area contributed by atoms with Crippen molar-refractivity contribution in [3.8, 4) is 0 Å². The summed E-state index contributed by atoms with van der Waals surface area (Å²) in [6.07, 6.45) is 0. The molecule has 0 spiro atoms. The van der Waals surface area contributed by atoms with Crippen molar-refractivity contribution in [2.24, 2.45) is 0 Å². The number of thiophene rings is 1. The Labute approximate surface area is 138 Å². The van der Waals surface area contributed by atoms with Gasteiger partial charge >= 0.3 is 0 Å². The zero-order valence-corrected chi connectivity index (χ0v) is 14.9. The van der Waals surface area contributed by atoms with Crippen LogP contribution in [0.4, 0.5) is 0 Å². The van der Waals surface area contributed by atoms with Gasteiger partial charge in [0.1, 0.15) is 15.9 Å². The van der Waals surface area contributed by atoms with E-state index in [0.29, 0.717) is 17.6 Å². The summed E-state index contributed by atoms with van der Waals surface area (Å²) < 4.78 is 35.9. The van der Waals surface area contributed by atoms with Gasteiger partial charge in [-0.2, -0.15) is 13.1 Å². The molecule has 21 heavy (non-hydrogen) atoms. The molecule has 0 bridgehead atoms. The Balaban J connectivity index is 1.98. The number of rotatable bonds is 4. The number of aromatic nitrogens is 2. The Morgan fingerprint density at radius 3 is 2.86 bits per heavy atom. The predicted molar refractivity (Wildman–Crippen MR) is 88.1 cm³/mol. The summed E-state index contributed by atoms with van der Waals surface area (Å²) in [5.74, 6) is 0. The molecule has 1 aromatic carbocycles. The quantitative estimate of drug-likeness (QED) is 0.669. The molecule has 0 atom stereocenters. The van der Waals surface area contributed by atoms with Crippen LogP contribution in [0.25, 0.3) is 11.0 Å². The number of sulfonamides is 1. The highest BCUT2D eigenvalue weighted by atomic mass is 79.9. The Kier molecular flexibility index (Phi) is 4.10. The molecular formula is C12H10BrN3O2S3. The zero-order chi connectivity index (χ0) is 15.0. The molecule has 5 nitrogen and oxygen atoms in total. The maximum absolute atomic E-state index is 12.7. The van der Waals surface area contributed by atoms with Gasteiger partial charge in [-0.1, -0.05) is 6.07 Å². The summed E-state index contributed by atoms with van der Waals surface area (Å²) in [5.41, 5.74) is 1.04. The summed E-state index contributed by atoms with van der Waals surface area (Å²) in [6.45, 7) is 0.326. The first-order chi connectivity index (χ1) is 9.98. The van der Waals surface area contributed by atoms with E-state index < -0.39 is 10.0 Å². The van der Waals surface area contributed by atoms with Gasteiger partial charge < -0.3 is 0 Å². The standard InChI is InChI=1S/C12H10BrN3O2S3/c1-16(6-9-5-8(13)7-19-9)21(17,18)11-4-2-3-10-12(11)15-20-14-10/h2-5,7H,6H2,1H3. The minimum absolute atomic E-state index is 0.201. The van der Waals surface area contributed by atoms with E-state index in [1.54, 1.807) is 25.2 Å². The van der Waals surface area contributed by atoms with Crippen LogP contribution >= 0.6 is 39.0 Å². The molecule has 0 aliphatic rings. The van der Waals surface area contributed by atoms with Gasteiger partial charge in [-0.25, -0.2) is 8.42 Å². The lowest BCUT2D eigenvalue weighted by Gasteiger charge is -2.16. The zero-order valence-electron chi connectivity index (χ0n) is 10.9. The predicted octanol–water partition coefficient (Wildman–Crippen LogP) is 3.34. The third-order valence-corrected chi connectivity index (χ3v) is 7.00. The molecule has 2 aromatic heterocycles. The third-order valence-electron chi connectivity index (χ3n) is 2.94. The smallest absolute Gasteiger partial charge is 0.207 e. The van der Waals surface area contributed by atoms with Crippen molar-refractivity contribution in [1.82, 2.24) is 13.1 Å². The molecule has 0 saturated heterocycles. The minimum atomic E-state index is -3.60. The van der Waals surface area contributed by atoms with Crippen LogP contribution in [0, 0.1) is 0 Å². The average Bonchev–Trinajstić information content (AvgIpc) is 3.06. The fraction of sp³-hybridized carbons (Fsp3) is 0.167. The van der Waals surface area contributed by atoms with Gasteiger partial charge in [0.25, 0.3) is 0 Å². The molecular weight excluding hydrogens is 394 g/mol. The van der Waals surface area contributed by atoms with Crippen LogP contribution in [0.3, 0.4) is 0 Å². The number of fused-ring (bicyclic) bond motifs is 1. The summed E-state index contributed by atoms with van der Waals surface area (Å²) in [7, 11) is -2.02. The van der Waals surface area contributed by atoms with Crippen molar-refractivity contribution in [3.63, 3.8) is 0 Å². The van der Waals surface area contributed by atoms with E-state index in [4.69, 9.17) is 0 Å². The van der Waals surface area contributed by atoms with E-state index in [1.165, 1.54) is 15.6 Å². The van der Waals surface area contributed by atoms with Crippen LogP contribution < -0.4 is 0 Å². The summed E-state index contributed by atoms with van der Waals surface area (Å²) in [4.78, 5) is 1.17. The van der Waals surface area contributed by atoms with Gasteiger partial charge in [0.05, 0.1) is 11.7 Å². The van der Waals surface area contributed by atoms with Crippen LogP contribution in [0.1, 0.15) is 4.88 Å². The molecule has 2 heterocycles. The average molecular weight is 404 g/mol. The molecule has 110 valence electrons. The van der Waals surface area contributed by atoms with E-state index >= 15 is 0 Å². The van der Waals surface area contributed by atoms with Gasteiger partial charge in [0, 0.05) is 28.3 Å². The van der Waals surface area contributed by atoms with Gasteiger partial charge in [-0.15, -0.1) is 11.3 Å². The van der Waals surface area contributed by atoms with Crippen molar-refractivity contribution in [2.75, 3.05) is 7.05 Å². The molecule has 0 saturated carbocycles. The monoisotopic (exact) mass is 403 g/mol. The van der Waals surface area contributed by atoms with Crippen LogP contribution in [0.2, 0.25) is 0 Å². The highest BCUT2D eigenvalue weighted by molar-refractivity contribution is 9.10. The molecule has 0 aliphatic heterocycles. The molecule has 0 radical (unpaired) electrons. The Morgan fingerprint density at radius 1 is 1.33 bits per heavy atom. The number of nitrogens with zero attached hydrogens (tertiary/aromatic N) is 3. The lowest BCUT2D eigenvalue weighted by molar-refractivity contribution is 0.470. The van der Waals surface area contributed by atoms with E-state index in [2.05, 4.69) is 24.7 Å². The molecule has 9 heteroatoms. The number of halogens is 1. The maximum Gasteiger partial charge on any atom is 0.245 e. The first kappa shape index (κ1) is 15.0. The van der Waals surface area contributed by atoms with Gasteiger partial charge in [0.15, 0.2) is 0 Å². The fourth-order valence-electron chi connectivity index (χ4n) is 1.90. The molecule has 0 N–H and O–H groups in total. The third kappa shape index (κ3) is 2.88. The van der Waals surface area contributed by atoms with Crippen molar-refractivity contribution >= 4 is 60.1 Å². The molecule has 0 aliphatic carbocycles. The van der Waals surface area contributed by atoms with Gasteiger partial charge in [0.2, 0.25) is 10.0 Å². The highest BCUT2D eigenvalue weighted by Gasteiger charge is 2.25. The SMILES string of the molecule is CN(Cc1cc(Br)cs1)S(=O)(=O)c1cccc2nsnc12. The van der Waals surface area contributed by atoms with Crippen LogP contribution in [-0.2, 0) is 16.6 Å². The molecule has 0 unspecified atom stereocenters. The number of hydrogen-bond acceptors (Lipinski definition) is 6. The molecule has 3 aromatic rings. The molecule has 0 fully saturated rings. The van der Waals surface area contributed by atoms with E-state index in [9.17, 15) is 8.42 Å². The molecule has 3 rings (SSSR count). The van der Waals surface area contributed by atoms with Crippen LogP contribution in [0.5, 0.6) is 0 Å². The number of hydrogen-bond donors (Lipinski definition) is 0. The largest absolute Gasteiger partial charge is 0.245 e. The van der Waals surface area contributed by atoms with Crippen LogP contribution in [0.15, 0.2) is 39.0 Å². The first-order valence-electron chi connectivity index (χ1n) is 5.89. The Hall–Kier alpha value is -0.870. The van der Waals surface area contributed by atoms with Crippen molar-refractivity contribution in [2.45, 2.75) is 11.4 Å². The first-order valence-corrected chi connectivity index (χ1v) is 9.73. The lowest BCUT2D eigenvalue weighted by Crippen LogP contribution is -2.26. The summed E-state index contributed by atoms with van der Waals surface area (Å²) in [6, 6.07) is 6.93. The topological polar surface area (TPSA) is 63.2 Å². The van der Waals surface area contributed by atoms with E-state index in [1.807, 2.05) is 11.4 Å². The normalized spacial score (nSPS) is 12.3. The highest BCUT2D eigenvalue weighted by Crippen LogP contribution is 2.26. The van der Waals surface area contributed by atoms with Crippen molar-refractivity contribution in [3.05, 3.63) is 39.0 Å². The second-order valence-corrected chi connectivity index (χ2v) is 8.83. The van der Waals surface area contributed by atoms with Crippen LogP contribution in [-0.4, -0.2) is 28.5 Å². The maximum atomic E-state index is 12.7. The molecule has 0 amide bonds. The van der Waals surface area contributed by atoms with E-state index in [-0.39, 0.29) is 4.90 Å². The second kappa shape index (κ2) is 5.73. The Bertz CT molecular complexity index is 888. The van der Waals surface area contributed by atoms with Crippen molar-refractivity contribution in [1.29, 1.82) is 0 Å². The summed E-state index contributed by atoms with van der Waals surface area (Å²) in [5, 5.41) is 1.93. The lowest BCUT2D eigenvalue weighted by atomic mass is 10.3.